The number of carbonyl (C=O) groups excluding carboxylic acids is 3. The zero-order valence-corrected chi connectivity index (χ0v) is 25.0. The lowest BCUT2D eigenvalue weighted by atomic mass is 10.1. The van der Waals surface area contributed by atoms with Gasteiger partial charge in [-0.1, -0.05) is 53.5 Å². The first kappa shape index (κ1) is 31.4. The van der Waals surface area contributed by atoms with Crippen LogP contribution in [0.25, 0.3) is 6.08 Å². The first-order valence-corrected chi connectivity index (χ1v) is 14.5. The van der Waals surface area contributed by atoms with Crippen LogP contribution in [0.1, 0.15) is 33.2 Å². The zero-order valence-electron chi connectivity index (χ0n) is 22.6. The Hall–Kier alpha value is -4.57. The third kappa shape index (κ3) is 8.96. The van der Waals surface area contributed by atoms with Gasteiger partial charge < -0.3 is 21.1 Å². The number of hydrogen-bond acceptors (Lipinski definition) is 5. The molecule has 0 radical (unpaired) electrons. The van der Waals surface area contributed by atoms with Gasteiger partial charge >= 0.3 is 5.97 Å². The van der Waals surface area contributed by atoms with Gasteiger partial charge in [0, 0.05) is 26.9 Å². The molecule has 1 atom stereocenters. The zero-order chi connectivity index (χ0) is 30.9. The first-order chi connectivity index (χ1) is 20.6. The van der Waals surface area contributed by atoms with Gasteiger partial charge in [0.25, 0.3) is 11.8 Å². The van der Waals surface area contributed by atoms with E-state index in [0.29, 0.717) is 27.5 Å². The lowest BCUT2D eigenvalue weighted by Gasteiger charge is -2.14. The molecule has 0 saturated heterocycles. The number of benzene rings is 4. The van der Waals surface area contributed by atoms with E-state index in [1.165, 1.54) is 30.0 Å². The lowest BCUT2D eigenvalue weighted by molar-refractivity contribution is -0.115. The van der Waals surface area contributed by atoms with E-state index in [1.807, 2.05) is 0 Å². The van der Waals surface area contributed by atoms with Crippen LogP contribution in [0.5, 0.6) is 0 Å². The molecule has 0 aliphatic carbocycles. The number of aromatic carboxylic acids is 1. The van der Waals surface area contributed by atoms with Crippen LogP contribution in [-0.2, 0) is 9.59 Å². The highest BCUT2D eigenvalue weighted by atomic mass is 35.5. The summed E-state index contributed by atoms with van der Waals surface area (Å²) < 4.78 is 0. The molecule has 8 nitrogen and oxygen atoms in total. The van der Waals surface area contributed by atoms with Gasteiger partial charge in [-0.3, -0.25) is 14.4 Å². The van der Waals surface area contributed by atoms with Crippen molar-refractivity contribution in [1.29, 1.82) is 0 Å². The molecule has 1 unspecified atom stereocenters. The van der Waals surface area contributed by atoms with Gasteiger partial charge in [0.05, 0.1) is 15.8 Å². The summed E-state index contributed by atoms with van der Waals surface area (Å²) in [7, 11) is 0. The number of halogens is 2. The Kier molecular flexibility index (Phi) is 10.6. The summed E-state index contributed by atoms with van der Waals surface area (Å²) in [5.74, 6) is -2.49. The normalized spacial score (nSPS) is 11.7. The SMILES string of the molecule is CC(Sc1ccc(NC(=O)/C(=C/c2ccc(Cl)cc2)NC(=O)c2ccccc2)cc1)C(=O)Nc1ccc(Cl)c(C(=O)O)c1. The Morgan fingerprint density at radius 1 is 0.814 bits per heavy atom. The fourth-order valence-electron chi connectivity index (χ4n) is 3.75. The fourth-order valence-corrected chi connectivity index (χ4v) is 4.94. The highest BCUT2D eigenvalue weighted by Gasteiger charge is 2.18. The van der Waals surface area contributed by atoms with Crippen molar-refractivity contribution in [3.05, 3.63) is 129 Å². The minimum Gasteiger partial charge on any atom is -0.478 e. The molecule has 4 rings (SSSR count). The highest BCUT2D eigenvalue weighted by Crippen LogP contribution is 2.27. The minimum absolute atomic E-state index is 0.0353. The molecular weight excluding hydrogens is 609 g/mol. The van der Waals surface area contributed by atoms with E-state index < -0.39 is 23.0 Å². The molecule has 0 heterocycles. The summed E-state index contributed by atoms with van der Waals surface area (Å²) in [6.45, 7) is 1.72. The molecular formula is C32H25Cl2N3O5S. The maximum atomic E-state index is 13.2. The smallest absolute Gasteiger partial charge is 0.337 e. The molecule has 0 fully saturated rings. The third-order valence-electron chi connectivity index (χ3n) is 5.97. The Labute approximate surface area is 262 Å². The molecule has 0 spiro atoms. The molecule has 0 aliphatic rings. The van der Waals surface area contributed by atoms with E-state index in [2.05, 4.69) is 16.0 Å². The molecule has 0 aromatic heterocycles. The Bertz CT molecular complexity index is 1680. The van der Waals surface area contributed by atoms with Gasteiger partial charge in [0.15, 0.2) is 0 Å². The molecule has 0 saturated carbocycles. The summed E-state index contributed by atoms with van der Waals surface area (Å²) in [5.41, 5.74) is 1.79. The third-order valence-corrected chi connectivity index (χ3v) is 7.66. The predicted molar refractivity (Wildman–Crippen MR) is 171 cm³/mol. The second kappa shape index (κ2) is 14.6. The number of anilines is 2. The second-order valence-electron chi connectivity index (χ2n) is 9.16. The first-order valence-electron chi connectivity index (χ1n) is 12.8. The average molecular weight is 635 g/mol. The van der Waals surface area contributed by atoms with Gasteiger partial charge in [0.2, 0.25) is 5.91 Å². The minimum atomic E-state index is -1.19. The number of carboxylic acids is 1. The van der Waals surface area contributed by atoms with E-state index >= 15 is 0 Å². The summed E-state index contributed by atoms with van der Waals surface area (Å²) in [5, 5.41) is 17.5. The average Bonchev–Trinajstić information content (AvgIpc) is 3.00. The van der Waals surface area contributed by atoms with Crippen LogP contribution in [-0.4, -0.2) is 34.0 Å². The van der Waals surface area contributed by atoms with Crippen molar-refractivity contribution in [2.45, 2.75) is 17.1 Å². The Balaban J connectivity index is 1.42. The number of nitrogens with one attached hydrogen (secondary N) is 3. The number of amides is 3. The van der Waals surface area contributed by atoms with Crippen LogP contribution in [0.4, 0.5) is 11.4 Å². The van der Waals surface area contributed by atoms with E-state index in [4.69, 9.17) is 23.2 Å². The van der Waals surface area contributed by atoms with Gasteiger partial charge in [-0.2, -0.15) is 0 Å². The number of hydrogen-bond donors (Lipinski definition) is 4. The quantitative estimate of drug-likeness (QED) is 0.108. The van der Waals surface area contributed by atoms with Gasteiger partial charge in [-0.05, 0) is 85.3 Å². The Morgan fingerprint density at radius 3 is 2.12 bits per heavy atom. The van der Waals surface area contributed by atoms with Crippen molar-refractivity contribution >= 4 is 76.1 Å². The van der Waals surface area contributed by atoms with Crippen molar-refractivity contribution < 1.29 is 24.3 Å². The molecule has 0 aliphatic heterocycles. The molecule has 0 bridgehead atoms. The van der Waals surface area contributed by atoms with Crippen LogP contribution >= 0.6 is 35.0 Å². The predicted octanol–water partition coefficient (Wildman–Crippen LogP) is 7.22. The number of carbonyl (C=O) groups is 4. The maximum absolute atomic E-state index is 13.2. The molecule has 218 valence electrons. The van der Waals surface area contributed by atoms with Crippen LogP contribution in [0.3, 0.4) is 0 Å². The summed E-state index contributed by atoms with van der Waals surface area (Å²) in [6, 6.07) is 26.5. The van der Waals surface area contributed by atoms with Crippen molar-refractivity contribution in [3.63, 3.8) is 0 Å². The maximum Gasteiger partial charge on any atom is 0.337 e. The van der Waals surface area contributed by atoms with Gasteiger partial charge in [0.1, 0.15) is 5.70 Å². The van der Waals surface area contributed by atoms with Crippen molar-refractivity contribution in [3.8, 4) is 0 Å². The van der Waals surface area contributed by atoms with Crippen LogP contribution in [0.15, 0.2) is 108 Å². The molecule has 4 aromatic rings. The van der Waals surface area contributed by atoms with E-state index in [1.54, 1.807) is 91.9 Å². The van der Waals surface area contributed by atoms with Crippen molar-refractivity contribution in [2.24, 2.45) is 0 Å². The monoisotopic (exact) mass is 633 g/mol. The number of carboxylic acid groups (broad SMARTS) is 1. The molecule has 4 aromatic carbocycles. The topological polar surface area (TPSA) is 125 Å². The molecule has 43 heavy (non-hydrogen) atoms. The Morgan fingerprint density at radius 2 is 1.47 bits per heavy atom. The summed E-state index contributed by atoms with van der Waals surface area (Å²) in [4.78, 5) is 50.8. The standard InChI is InChI=1S/C32H25Cl2N3O5S/c1-19(29(38)36-24-13-16-27(34)26(18-24)32(41)42)43-25-14-11-23(12-15-25)35-31(40)28(17-20-7-9-22(33)10-8-20)37-30(39)21-5-3-2-4-6-21/h2-19H,1H3,(H,35,40)(H,36,38)(H,37,39)(H,41,42)/b28-17-. The van der Waals surface area contributed by atoms with Crippen molar-refractivity contribution in [1.82, 2.24) is 5.32 Å². The lowest BCUT2D eigenvalue weighted by Crippen LogP contribution is -2.30. The van der Waals surface area contributed by atoms with Gasteiger partial charge in [-0.25, -0.2) is 4.79 Å². The van der Waals surface area contributed by atoms with Crippen LogP contribution in [0.2, 0.25) is 10.0 Å². The van der Waals surface area contributed by atoms with Crippen LogP contribution in [0, 0.1) is 0 Å². The van der Waals surface area contributed by atoms with E-state index in [-0.39, 0.29) is 22.2 Å². The second-order valence-corrected chi connectivity index (χ2v) is 11.4. The summed E-state index contributed by atoms with van der Waals surface area (Å²) in [6.07, 6.45) is 1.55. The molecule has 4 N–H and O–H groups in total. The molecule has 3 amide bonds. The number of rotatable bonds is 10. The largest absolute Gasteiger partial charge is 0.478 e. The van der Waals surface area contributed by atoms with Gasteiger partial charge in [-0.15, -0.1) is 11.8 Å². The fraction of sp³-hybridized carbons (Fsp3) is 0.0625. The molecule has 11 heteroatoms. The van der Waals surface area contributed by atoms with E-state index in [0.717, 1.165) is 4.90 Å². The van der Waals surface area contributed by atoms with Crippen LogP contribution < -0.4 is 16.0 Å². The van der Waals surface area contributed by atoms with Crippen molar-refractivity contribution in [2.75, 3.05) is 10.6 Å². The number of thioether (sulfide) groups is 1. The van der Waals surface area contributed by atoms with E-state index in [9.17, 15) is 24.3 Å². The highest BCUT2D eigenvalue weighted by molar-refractivity contribution is 8.00. The summed E-state index contributed by atoms with van der Waals surface area (Å²) >= 11 is 13.2.